The van der Waals surface area contributed by atoms with Crippen molar-refractivity contribution in [3.63, 3.8) is 0 Å². The van der Waals surface area contributed by atoms with Crippen LogP contribution >= 0.6 is 0 Å². The van der Waals surface area contributed by atoms with Crippen molar-refractivity contribution in [2.45, 2.75) is 12.3 Å². The second-order valence-corrected chi connectivity index (χ2v) is 4.67. The Morgan fingerprint density at radius 2 is 1.91 bits per heavy atom. The summed E-state index contributed by atoms with van der Waals surface area (Å²) in [7, 11) is 1.56. The monoisotopic (exact) mass is 303 g/mol. The molecule has 0 aliphatic heterocycles. The fourth-order valence-corrected chi connectivity index (χ4v) is 2.03. The molecule has 5 heteroatoms. The molecule has 0 fully saturated rings. The largest absolute Gasteiger partial charge is 0.497 e. The highest BCUT2D eigenvalue weighted by Crippen LogP contribution is 2.24. The zero-order chi connectivity index (χ0) is 15.9. The molecule has 3 nitrogen and oxygen atoms in total. The van der Waals surface area contributed by atoms with Crippen molar-refractivity contribution in [2.24, 2.45) is 0 Å². The molecule has 0 aromatic heterocycles. The van der Waals surface area contributed by atoms with Crippen LogP contribution in [0.2, 0.25) is 0 Å². The normalized spacial score (nSPS) is 11.5. The summed E-state index contributed by atoms with van der Waals surface area (Å²) in [6.07, 6.45) is 0.433. The van der Waals surface area contributed by atoms with E-state index in [0.717, 1.165) is 17.7 Å². The number of hydrogen-bond donors (Lipinski definition) is 0. The third-order valence-electron chi connectivity index (χ3n) is 3.22. The van der Waals surface area contributed by atoms with Gasteiger partial charge in [-0.3, -0.25) is 0 Å². The summed E-state index contributed by atoms with van der Waals surface area (Å²) >= 11 is 0. The van der Waals surface area contributed by atoms with E-state index in [0.29, 0.717) is 12.2 Å². The molecule has 0 aliphatic rings. The third kappa shape index (κ3) is 3.95. The lowest BCUT2D eigenvalue weighted by atomic mass is 9.97. The molecule has 1 atom stereocenters. The minimum atomic E-state index is -0.956. The predicted molar refractivity (Wildman–Crippen MR) is 77.8 cm³/mol. The first kappa shape index (κ1) is 15.8. The maximum atomic E-state index is 13.1. The van der Waals surface area contributed by atoms with E-state index in [2.05, 4.69) is 6.07 Å². The van der Waals surface area contributed by atoms with Crippen LogP contribution in [-0.4, -0.2) is 13.7 Å². The zero-order valence-electron chi connectivity index (χ0n) is 12.1. The van der Waals surface area contributed by atoms with Gasteiger partial charge in [0.05, 0.1) is 25.7 Å². The smallest absolute Gasteiger partial charge is 0.162 e. The standard InChI is InChI=1S/C17H15F2NO2/c1-21-14-4-2-3-12(9-14)13(11-20)7-8-22-15-5-6-16(18)17(19)10-15/h2-6,9-10,13H,7-8H2,1H3. The topological polar surface area (TPSA) is 42.2 Å². The Hall–Kier alpha value is -2.61. The molecule has 2 rings (SSSR count). The minimum absolute atomic E-state index is 0.223. The molecule has 0 saturated carbocycles. The number of ether oxygens (including phenoxy) is 2. The SMILES string of the molecule is COc1cccc(C(C#N)CCOc2ccc(F)c(F)c2)c1. The molecule has 0 saturated heterocycles. The maximum absolute atomic E-state index is 13.1. The molecular weight excluding hydrogens is 288 g/mol. The molecule has 1 unspecified atom stereocenters. The first-order valence-electron chi connectivity index (χ1n) is 6.75. The average molecular weight is 303 g/mol. The molecule has 0 spiro atoms. The Labute approximate surface area is 127 Å². The van der Waals surface area contributed by atoms with E-state index >= 15 is 0 Å². The van der Waals surface area contributed by atoms with Crippen LogP contribution in [0.4, 0.5) is 8.78 Å². The van der Waals surface area contributed by atoms with Gasteiger partial charge in [0.2, 0.25) is 0 Å². The molecule has 0 bridgehead atoms. The second kappa shape index (κ2) is 7.41. The van der Waals surface area contributed by atoms with E-state index in [1.54, 1.807) is 19.2 Å². The first-order chi connectivity index (χ1) is 10.6. The van der Waals surface area contributed by atoms with Crippen molar-refractivity contribution in [3.05, 3.63) is 59.7 Å². The summed E-state index contributed by atoms with van der Waals surface area (Å²) in [5.41, 5.74) is 0.829. The predicted octanol–water partition coefficient (Wildman–Crippen LogP) is 4.05. The van der Waals surface area contributed by atoms with E-state index in [-0.39, 0.29) is 18.3 Å². The molecule has 2 aromatic rings. The number of hydrogen-bond acceptors (Lipinski definition) is 3. The van der Waals surface area contributed by atoms with E-state index in [9.17, 15) is 14.0 Å². The summed E-state index contributed by atoms with van der Waals surface area (Å²) in [5, 5.41) is 9.26. The quantitative estimate of drug-likeness (QED) is 0.808. The molecular formula is C17H15F2NO2. The van der Waals surface area contributed by atoms with Crippen molar-refractivity contribution in [1.29, 1.82) is 5.26 Å². The van der Waals surface area contributed by atoms with Crippen LogP contribution in [0, 0.1) is 23.0 Å². The van der Waals surface area contributed by atoms with Gasteiger partial charge in [0, 0.05) is 12.5 Å². The van der Waals surface area contributed by atoms with Gasteiger partial charge < -0.3 is 9.47 Å². The molecule has 2 aromatic carbocycles. The molecule has 114 valence electrons. The van der Waals surface area contributed by atoms with Gasteiger partial charge in [-0.05, 0) is 29.8 Å². The van der Waals surface area contributed by atoms with Crippen molar-refractivity contribution in [2.75, 3.05) is 13.7 Å². The van der Waals surface area contributed by atoms with Crippen LogP contribution < -0.4 is 9.47 Å². The van der Waals surface area contributed by atoms with Crippen molar-refractivity contribution < 1.29 is 18.3 Å². The molecule has 0 heterocycles. The highest BCUT2D eigenvalue weighted by molar-refractivity contribution is 5.33. The van der Waals surface area contributed by atoms with Gasteiger partial charge >= 0.3 is 0 Å². The van der Waals surface area contributed by atoms with Crippen LogP contribution in [0.5, 0.6) is 11.5 Å². The van der Waals surface area contributed by atoms with Crippen molar-refractivity contribution >= 4 is 0 Å². The van der Waals surface area contributed by atoms with Gasteiger partial charge in [-0.25, -0.2) is 8.78 Å². The van der Waals surface area contributed by atoms with Crippen molar-refractivity contribution in [3.8, 4) is 17.6 Å². The molecule has 0 N–H and O–H groups in total. The van der Waals surface area contributed by atoms with Crippen LogP contribution in [-0.2, 0) is 0 Å². The fourth-order valence-electron chi connectivity index (χ4n) is 2.03. The Morgan fingerprint density at radius 3 is 2.59 bits per heavy atom. The highest BCUT2D eigenvalue weighted by Gasteiger charge is 2.12. The van der Waals surface area contributed by atoms with Gasteiger partial charge in [0.25, 0.3) is 0 Å². The van der Waals surface area contributed by atoms with Crippen LogP contribution in [0.25, 0.3) is 0 Å². The van der Waals surface area contributed by atoms with E-state index < -0.39 is 11.6 Å². The number of nitriles is 1. The van der Waals surface area contributed by atoms with Gasteiger partial charge in [0.15, 0.2) is 11.6 Å². The Morgan fingerprint density at radius 1 is 1.09 bits per heavy atom. The molecule has 22 heavy (non-hydrogen) atoms. The number of rotatable bonds is 6. The summed E-state index contributed by atoms with van der Waals surface area (Å²) in [5.74, 6) is -1.32. The van der Waals surface area contributed by atoms with E-state index in [4.69, 9.17) is 9.47 Å². The maximum Gasteiger partial charge on any atom is 0.162 e. The van der Waals surface area contributed by atoms with Crippen molar-refractivity contribution in [1.82, 2.24) is 0 Å². The van der Waals surface area contributed by atoms with Crippen LogP contribution in [0.1, 0.15) is 17.9 Å². The van der Waals surface area contributed by atoms with Crippen LogP contribution in [0.3, 0.4) is 0 Å². The summed E-state index contributed by atoms with van der Waals surface area (Å²) in [6.45, 7) is 0.223. The summed E-state index contributed by atoms with van der Waals surface area (Å²) in [6, 6.07) is 12.8. The van der Waals surface area contributed by atoms with Gasteiger partial charge in [-0.1, -0.05) is 12.1 Å². The lowest BCUT2D eigenvalue weighted by Gasteiger charge is -2.12. The second-order valence-electron chi connectivity index (χ2n) is 4.67. The first-order valence-corrected chi connectivity index (χ1v) is 6.75. The highest BCUT2D eigenvalue weighted by atomic mass is 19.2. The number of nitrogens with zero attached hydrogens (tertiary/aromatic N) is 1. The lowest BCUT2D eigenvalue weighted by molar-refractivity contribution is 0.303. The molecule has 0 radical (unpaired) electrons. The Bertz CT molecular complexity index is 683. The van der Waals surface area contributed by atoms with Crippen LogP contribution in [0.15, 0.2) is 42.5 Å². The zero-order valence-corrected chi connectivity index (χ0v) is 12.1. The summed E-state index contributed by atoms with van der Waals surface area (Å²) in [4.78, 5) is 0. The number of methoxy groups -OCH3 is 1. The third-order valence-corrected chi connectivity index (χ3v) is 3.22. The summed E-state index contributed by atoms with van der Waals surface area (Å²) < 4.78 is 36.4. The molecule has 0 amide bonds. The number of benzene rings is 2. The van der Waals surface area contributed by atoms with E-state index in [1.807, 2.05) is 12.1 Å². The molecule has 0 aliphatic carbocycles. The van der Waals surface area contributed by atoms with Gasteiger partial charge in [-0.2, -0.15) is 5.26 Å². The minimum Gasteiger partial charge on any atom is -0.497 e. The van der Waals surface area contributed by atoms with E-state index in [1.165, 1.54) is 6.07 Å². The Balaban J connectivity index is 1.96. The average Bonchev–Trinajstić information content (AvgIpc) is 2.55. The fraction of sp³-hybridized carbons (Fsp3) is 0.235. The van der Waals surface area contributed by atoms with Gasteiger partial charge in [-0.15, -0.1) is 0 Å². The lowest BCUT2D eigenvalue weighted by Crippen LogP contribution is -2.05. The Kier molecular flexibility index (Phi) is 5.31. The number of halogens is 2. The van der Waals surface area contributed by atoms with Gasteiger partial charge in [0.1, 0.15) is 11.5 Å².